The zero-order chi connectivity index (χ0) is 12.3. The van der Waals surface area contributed by atoms with Crippen molar-refractivity contribution in [3.05, 3.63) is 46.5 Å². The number of hydrogen-bond donors (Lipinski definition) is 1. The molecule has 0 spiro atoms. The van der Waals surface area contributed by atoms with E-state index in [0.29, 0.717) is 21.3 Å². The second-order valence-corrected chi connectivity index (χ2v) is 4.11. The van der Waals surface area contributed by atoms with E-state index in [2.05, 4.69) is 15.2 Å². The van der Waals surface area contributed by atoms with Crippen LogP contribution in [0.1, 0.15) is 5.56 Å². The fourth-order valence-corrected chi connectivity index (χ4v) is 1.88. The number of rotatable bonds is 3. The van der Waals surface area contributed by atoms with Gasteiger partial charge >= 0.3 is 0 Å². The van der Waals surface area contributed by atoms with E-state index in [1.165, 1.54) is 17.3 Å². The van der Waals surface area contributed by atoms with Gasteiger partial charge in [0.05, 0.1) is 11.6 Å². The van der Waals surface area contributed by atoms with Gasteiger partial charge in [0.15, 0.2) is 0 Å². The van der Waals surface area contributed by atoms with Crippen LogP contribution in [0, 0.1) is 0 Å². The van der Waals surface area contributed by atoms with Crippen LogP contribution in [-0.2, 0) is 6.54 Å². The van der Waals surface area contributed by atoms with Crippen LogP contribution in [0.5, 0.6) is 0 Å². The van der Waals surface area contributed by atoms with E-state index in [1.54, 1.807) is 18.2 Å². The van der Waals surface area contributed by atoms with Gasteiger partial charge in [-0.05, 0) is 18.2 Å². The largest absolute Gasteiger partial charge is 0.411 e. The first-order valence-electron chi connectivity index (χ1n) is 4.69. The SMILES string of the molecule is O/N=C(/Cn1cncn1)c1ccc(Cl)cc1Cl. The van der Waals surface area contributed by atoms with Crippen molar-refractivity contribution in [2.75, 3.05) is 0 Å². The molecule has 5 nitrogen and oxygen atoms in total. The van der Waals surface area contributed by atoms with Gasteiger partial charge in [-0.3, -0.25) is 0 Å². The van der Waals surface area contributed by atoms with Crippen molar-refractivity contribution in [3.8, 4) is 0 Å². The minimum absolute atomic E-state index is 0.276. The second-order valence-electron chi connectivity index (χ2n) is 3.26. The Morgan fingerprint density at radius 3 is 2.82 bits per heavy atom. The summed E-state index contributed by atoms with van der Waals surface area (Å²) >= 11 is 11.8. The summed E-state index contributed by atoms with van der Waals surface area (Å²) in [5, 5.41) is 17.1. The molecule has 1 N–H and O–H groups in total. The molecule has 0 saturated carbocycles. The fraction of sp³-hybridized carbons (Fsp3) is 0.100. The Labute approximate surface area is 107 Å². The predicted molar refractivity (Wildman–Crippen MR) is 64.8 cm³/mol. The second kappa shape index (κ2) is 5.16. The Morgan fingerprint density at radius 1 is 1.41 bits per heavy atom. The summed E-state index contributed by atoms with van der Waals surface area (Å²) in [7, 11) is 0. The van der Waals surface area contributed by atoms with Crippen LogP contribution in [0.2, 0.25) is 10.0 Å². The Balaban J connectivity index is 2.30. The monoisotopic (exact) mass is 270 g/mol. The highest BCUT2D eigenvalue weighted by atomic mass is 35.5. The van der Waals surface area contributed by atoms with E-state index in [0.717, 1.165) is 0 Å². The van der Waals surface area contributed by atoms with Gasteiger partial charge in [-0.15, -0.1) is 0 Å². The third-order valence-electron chi connectivity index (χ3n) is 2.14. The lowest BCUT2D eigenvalue weighted by Gasteiger charge is -2.06. The van der Waals surface area contributed by atoms with E-state index in [4.69, 9.17) is 28.4 Å². The highest BCUT2D eigenvalue weighted by molar-refractivity contribution is 6.37. The average Bonchev–Trinajstić information content (AvgIpc) is 2.79. The van der Waals surface area contributed by atoms with Gasteiger partial charge in [0.1, 0.15) is 18.4 Å². The molecule has 0 atom stereocenters. The lowest BCUT2D eigenvalue weighted by atomic mass is 10.1. The third kappa shape index (κ3) is 2.75. The summed E-state index contributed by atoms with van der Waals surface area (Å²) < 4.78 is 1.53. The summed E-state index contributed by atoms with van der Waals surface area (Å²) in [6, 6.07) is 4.96. The molecule has 0 unspecified atom stereocenters. The molecule has 88 valence electrons. The Hall–Kier alpha value is -1.59. The van der Waals surface area contributed by atoms with Crippen molar-refractivity contribution in [2.45, 2.75) is 6.54 Å². The molecule has 7 heteroatoms. The van der Waals surface area contributed by atoms with Crippen LogP contribution >= 0.6 is 23.2 Å². The van der Waals surface area contributed by atoms with Gasteiger partial charge in [-0.1, -0.05) is 28.4 Å². The molecule has 0 fully saturated rings. The van der Waals surface area contributed by atoms with E-state index >= 15 is 0 Å². The smallest absolute Gasteiger partial charge is 0.137 e. The van der Waals surface area contributed by atoms with Crippen LogP contribution in [-0.4, -0.2) is 25.7 Å². The standard InChI is InChI=1S/C10H8Cl2N4O/c11-7-1-2-8(9(12)3-7)10(15-17)4-16-6-13-5-14-16/h1-3,5-6,17H,4H2/b15-10-. The molecule has 0 radical (unpaired) electrons. The van der Waals surface area contributed by atoms with E-state index in [9.17, 15) is 0 Å². The summed E-state index contributed by atoms with van der Waals surface area (Å²) in [4.78, 5) is 3.80. The first-order valence-corrected chi connectivity index (χ1v) is 5.45. The van der Waals surface area contributed by atoms with Crippen molar-refractivity contribution in [2.24, 2.45) is 5.16 Å². The van der Waals surface area contributed by atoms with Crippen molar-refractivity contribution >= 4 is 28.9 Å². The van der Waals surface area contributed by atoms with Gasteiger partial charge in [-0.2, -0.15) is 5.10 Å². The minimum atomic E-state index is 0.276. The predicted octanol–water partition coefficient (Wildman–Crippen LogP) is 2.46. The summed E-state index contributed by atoms with van der Waals surface area (Å²) in [5.74, 6) is 0. The summed E-state index contributed by atoms with van der Waals surface area (Å²) in [5.41, 5.74) is 0.992. The van der Waals surface area contributed by atoms with Crippen molar-refractivity contribution in [1.29, 1.82) is 0 Å². The van der Waals surface area contributed by atoms with Crippen LogP contribution in [0.25, 0.3) is 0 Å². The van der Waals surface area contributed by atoms with Crippen LogP contribution in [0.15, 0.2) is 36.0 Å². The maximum atomic E-state index is 9.01. The highest BCUT2D eigenvalue weighted by Crippen LogP contribution is 2.22. The zero-order valence-electron chi connectivity index (χ0n) is 8.59. The molecule has 17 heavy (non-hydrogen) atoms. The van der Waals surface area contributed by atoms with Gasteiger partial charge < -0.3 is 5.21 Å². The third-order valence-corrected chi connectivity index (χ3v) is 2.69. The fourth-order valence-electron chi connectivity index (χ4n) is 1.36. The molecule has 0 aliphatic rings. The zero-order valence-corrected chi connectivity index (χ0v) is 10.1. The first-order chi connectivity index (χ1) is 8.20. The molecule has 0 aliphatic carbocycles. The van der Waals surface area contributed by atoms with Crippen molar-refractivity contribution in [3.63, 3.8) is 0 Å². The van der Waals surface area contributed by atoms with E-state index in [1.807, 2.05) is 0 Å². The molecule has 0 aliphatic heterocycles. The van der Waals surface area contributed by atoms with Crippen LogP contribution in [0.4, 0.5) is 0 Å². The number of oxime groups is 1. The molecular formula is C10H8Cl2N4O. The van der Waals surface area contributed by atoms with Crippen LogP contribution in [0.3, 0.4) is 0 Å². The number of hydrogen-bond acceptors (Lipinski definition) is 4. The Bertz CT molecular complexity index is 539. The van der Waals surface area contributed by atoms with Crippen molar-refractivity contribution in [1.82, 2.24) is 14.8 Å². The number of benzene rings is 1. The summed E-state index contributed by atoms with van der Waals surface area (Å²) in [6.07, 6.45) is 2.92. The van der Waals surface area contributed by atoms with Gasteiger partial charge in [0.25, 0.3) is 0 Å². The topological polar surface area (TPSA) is 63.3 Å². The van der Waals surface area contributed by atoms with E-state index < -0.39 is 0 Å². The van der Waals surface area contributed by atoms with Gasteiger partial charge in [0, 0.05) is 10.6 Å². The summed E-state index contributed by atoms with van der Waals surface area (Å²) in [6.45, 7) is 0.276. The average molecular weight is 271 g/mol. The molecule has 1 heterocycles. The van der Waals surface area contributed by atoms with Gasteiger partial charge in [0.2, 0.25) is 0 Å². The number of halogens is 2. The quantitative estimate of drug-likeness (QED) is 0.530. The highest BCUT2D eigenvalue weighted by Gasteiger charge is 2.10. The molecule has 1 aromatic heterocycles. The first kappa shape index (κ1) is 11.9. The number of aromatic nitrogens is 3. The molecule has 0 saturated heterocycles. The van der Waals surface area contributed by atoms with E-state index in [-0.39, 0.29) is 6.54 Å². The number of nitrogens with zero attached hydrogens (tertiary/aromatic N) is 4. The lowest BCUT2D eigenvalue weighted by molar-refractivity contribution is 0.317. The molecule has 1 aromatic carbocycles. The maximum absolute atomic E-state index is 9.01. The molecule has 0 amide bonds. The van der Waals surface area contributed by atoms with Crippen molar-refractivity contribution < 1.29 is 5.21 Å². The molecular weight excluding hydrogens is 263 g/mol. The molecule has 2 rings (SSSR count). The normalized spacial score (nSPS) is 11.8. The maximum Gasteiger partial charge on any atom is 0.137 e. The Kier molecular flexibility index (Phi) is 3.61. The van der Waals surface area contributed by atoms with Crippen LogP contribution < -0.4 is 0 Å². The lowest BCUT2D eigenvalue weighted by Crippen LogP contribution is -2.12. The molecule has 0 bridgehead atoms. The minimum Gasteiger partial charge on any atom is -0.411 e. The Morgan fingerprint density at radius 2 is 2.24 bits per heavy atom. The molecule has 2 aromatic rings. The van der Waals surface area contributed by atoms with Gasteiger partial charge in [-0.25, -0.2) is 9.67 Å².